The summed E-state index contributed by atoms with van der Waals surface area (Å²) < 4.78 is 5.37. The number of benzene rings is 3. The summed E-state index contributed by atoms with van der Waals surface area (Å²) in [6.45, 7) is 3.71. The Balaban J connectivity index is 1.36. The number of likely N-dealkylation sites (tertiary alicyclic amines) is 1. The Morgan fingerprint density at radius 1 is 0.977 bits per heavy atom. The molecule has 2 aliphatic heterocycles. The van der Waals surface area contributed by atoms with Crippen molar-refractivity contribution in [3.8, 4) is 11.4 Å². The van der Waals surface area contributed by atoms with E-state index in [4.69, 9.17) is 16.3 Å². The van der Waals surface area contributed by atoms with Gasteiger partial charge in [-0.1, -0.05) is 23.7 Å². The molecule has 43 heavy (non-hydrogen) atoms. The molecule has 1 aromatic heterocycles. The number of imide groups is 1. The first kappa shape index (κ1) is 28.1. The summed E-state index contributed by atoms with van der Waals surface area (Å²) in [5.74, 6) is -1.42. The Kier molecular flexibility index (Phi) is 6.97. The number of fused-ring (bicyclic) bond motifs is 1. The van der Waals surface area contributed by atoms with Gasteiger partial charge in [0.25, 0.3) is 17.7 Å². The minimum atomic E-state index is -1.27. The molecular formula is C31H27ClN6O5. The molecule has 11 nitrogen and oxygen atoms in total. The molecule has 2 aliphatic rings. The predicted octanol–water partition coefficient (Wildman–Crippen LogP) is 4.67. The summed E-state index contributed by atoms with van der Waals surface area (Å²) in [6.07, 6.45) is 3.97. The molecule has 3 aromatic carbocycles. The molecule has 0 unspecified atom stereocenters. The van der Waals surface area contributed by atoms with Crippen LogP contribution in [0.5, 0.6) is 5.75 Å². The van der Waals surface area contributed by atoms with Crippen molar-refractivity contribution >= 4 is 46.6 Å². The van der Waals surface area contributed by atoms with Crippen LogP contribution in [-0.2, 0) is 4.79 Å². The van der Waals surface area contributed by atoms with Crippen LogP contribution in [-0.4, -0.2) is 62.7 Å². The van der Waals surface area contributed by atoms with Crippen molar-refractivity contribution in [2.75, 3.05) is 23.9 Å². The van der Waals surface area contributed by atoms with Gasteiger partial charge in [0.2, 0.25) is 5.91 Å². The molecule has 4 aromatic rings. The second-order valence-electron chi connectivity index (χ2n) is 10.5. The Morgan fingerprint density at radius 2 is 1.63 bits per heavy atom. The number of carbonyl (C=O) groups excluding carboxylic acids is 4. The Hall–Kier alpha value is -5.03. The van der Waals surface area contributed by atoms with Gasteiger partial charge in [-0.3, -0.25) is 19.2 Å². The summed E-state index contributed by atoms with van der Waals surface area (Å²) >= 11 is 6.46. The van der Waals surface area contributed by atoms with E-state index in [1.54, 1.807) is 62.4 Å². The second kappa shape index (κ2) is 10.7. The van der Waals surface area contributed by atoms with E-state index in [1.165, 1.54) is 35.3 Å². The number of anilines is 2. The number of methoxy groups -OCH3 is 1. The molecular weight excluding hydrogens is 572 g/mol. The van der Waals surface area contributed by atoms with Crippen LogP contribution in [0, 0.1) is 6.92 Å². The number of nitrogens with one attached hydrogen (secondary N) is 1. The van der Waals surface area contributed by atoms with Crippen molar-refractivity contribution in [3.63, 3.8) is 0 Å². The van der Waals surface area contributed by atoms with Gasteiger partial charge >= 0.3 is 0 Å². The molecule has 1 saturated heterocycles. The summed E-state index contributed by atoms with van der Waals surface area (Å²) in [5.41, 5.74) is 0.865. The van der Waals surface area contributed by atoms with Crippen molar-refractivity contribution in [1.29, 1.82) is 0 Å². The molecule has 218 valence electrons. The minimum Gasteiger partial charge on any atom is -0.497 e. The Bertz CT molecular complexity index is 1770. The number of hydrogen-bond acceptors (Lipinski definition) is 7. The van der Waals surface area contributed by atoms with Crippen molar-refractivity contribution in [1.82, 2.24) is 19.9 Å². The highest BCUT2D eigenvalue weighted by molar-refractivity contribution is 6.36. The normalized spacial score (nSPS) is 17.8. The number of carbonyl (C=O) groups is 4. The number of aromatic nitrogens is 3. The van der Waals surface area contributed by atoms with Crippen LogP contribution in [0.15, 0.2) is 67.0 Å². The lowest BCUT2D eigenvalue weighted by Crippen LogP contribution is -2.53. The molecule has 1 N–H and O–H groups in total. The maximum absolute atomic E-state index is 14.1. The van der Waals surface area contributed by atoms with Crippen molar-refractivity contribution < 1.29 is 23.9 Å². The summed E-state index contributed by atoms with van der Waals surface area (Å²) in [6, 6.07) is 14.6. The number of halogens is 1. The van der Waals surface area contributed by atoms with E-state index < -0.39 is 29.2 Å². The monoisotopic (exact) mass is 598 g/mol. The zero-order chi connectivity index (χ0) is 30.5. The maximum Gasteiger partial charge on any atom is 0.266 e. The first-order valence-electron chi connectivity index (χ1n) is 13.6. The van der Waals surface area contributed by atoms with Gasteiger partial charge in [-0.25, -0.2) is 4.90 Å². The number of nitrogens with zero attached hydrogens (tertiary/aromatic N) is 5. The molecule has 0 bridgehead atoms. The van der Waals surface area contributed by atoms with E-state index in [1.807, 2.05) is 0 Å². The first-order chi connectivity index (χ1) is 20.7. The van der Waals surface area contributed by atoms with Gasteiger partial charge in [-0.15, -0.1) is 0 Å². The Labute approximate surface area is 252 Å². The number of hydrogen-bond donors (Lipinski definition) is 1. The zero-order valence-electron chi connectivity index (χ0n) is 23.6. The highest BCUT2D eigenvalue weighted by Crippen LogP contribution is 2.40. The number of rotatable bonds is 6. The average molecular weight is 599 g/mol. The molecule has 0 saturated carbocycles. The SMILES string of the molecule is COc1ccc(-n2nccn2)c(C(=O)N2CCC[C@@]2(C)C(=O)Nc2c(N3C(=O)c4ccccc4C3=O)ccc(Cl)c2C)c1. The molecule has 12 heteroatoms. The summed E-state index contributed by atoms with van der Waals surface area (Å²) in [5, 5.41) is 11.6. The van der Waals surface area contributed by atoms with Crippen molar-refractivity contribution in [3.05, 3.63) is 94.3 Å². The lowest BCUT2D eigenvalue weighted by Gasteiger charge is -2.35. The summed E-state index contributed by atoms with van der Waals surface area (Å²) in [4.78, 5) is 58.8. The fourth-order valence-corrected chi connectivity index (χ4v) is 5.83. The first-order valence-corrected chi connectivity index (χ1v) is 14.0. The quantitative estimate of drug-likeness (QED) is 0.320. The van der Waals surface area contributed by atoms with Crippen LogP contribution in [0.25, 0.3) is 5.69 Å². The maximum atomic E-state index is 14.1. The van der Waals surface area contributed by atoms with Crippen LogP contribution >= 0.6 is 11.6 Å². The van der Waals surface area contributed by atoms with E-state index in [-0.39, 0.29) is 28.1 Å². The van der Waals surface area contributed by atoms with Gasteiger partial charge in [-0.05, 0) is 74.7 Å². The van der Waals surface area contributed by atoms with Gasteiger partial charge in [-0.2, -0.15) is 15.0 Å². The van der Waals surface area contributed by atoms with Crippen molar-refractivity contribution in [2.45, 2.75) is 32.2 Å². The van der Waals surface area contributed by atoms with E-state index in [0.29, 0.717) is 41.4 Å². The molecule has 0 spiro atoms. The smallest absolute Gasteiger partial charge is 0.266 e. The van der Waals surface area contributed by atoms with Gasteiger partial charge in [0.1, 0.15) is 11.3 Å². The summed E-state index contributed by atoms with van der Waals surface area (Å²) in [7, 11) is 1.50. The fourth-order valence-electron chi connectivity index (χ4n) is 5.67. The van der Waals surface area contributed by atoms with Gasteiger partial charge in [0.05, 0.1) is 53.3 Å². The second-order valence-corrected chi connectivity index (χ2v) is 11.0. The zero-order valence-corrected chi connectivity index (χ0v) is 24.4. The molecule has 1 fully saturated rings. The van der Waals surface area contributed by atoms with Gasteiger partial charge in [0.15, 0.2) is 0 Å². The van der Waals surface area contributed by atoms with E-state index in [2.05, 4.69) is 15.5 Å². The average Bonchev–Trinajstić information content (AvgIpc) is 3.75. The predicted molar refractivity (Wildman–Crippen MR) is 159 cm³/mol. The van der Waals surface area contributed by atoms with Crippen LogP contribution < -0.4 is 15.0 Å². The molecule has 6 rings (SSSR count). The lowest BCUT2D eigenvalue weighted by molar-refractivity contribution is -0.124. The van der Waals surface area contributed by atoms with Crippen LogP contribution in [0.1, 0.15) is 56.4 Å². The molecule has 0 radical (unpaired) electrons. The highest BCUT2D eigenvalue weighted by atomic mass is 35.5. The largest absolute Gasteiger partial charge is 0.497 e. The molecule has 1 atom stereocenters. The Morgan fingerprint density at radius 3 is 2.28 bits per heavy atom. The molecule has 3 heterocycles. The van der Waals surface area contributed by atoms with Crippen LogP contribution in [0.2, 0.25) is 5.02 Å². The number of ether oxygens (including phenoxy) is 1. The van der Waals surface area contributed by atoms with E-state index in [9.17, 15) is 19.2 Å². The molecule has 0 aliphatic carbocycles. The third-order valence-corrected chi connectivity index (χ3v) is 8.50. The van der Waals surface area contributed by atoms with Crippen LogP contribution in [0.3, 0.4) is 0 Å². The third-order valence-electron chi connectivity index (χ3n) is 8.09. The van der Waals surface area contributed by atoms with Crippen molar-refractivity contribution in [2.24, 2.45) is 0 Å². The fraction of sp³-hybridized carbons (Fsp3) is 0.226. The molecule has 4 amide bonds. The standard InChI is InChI=1S/C31H27ClN6O5/c1-18-23(32)10-12-25(37-28(40)20-7-4-5-8-21(20)29(37)41)26(18)35-30(42)31(2)13-6-16-36(31)27(39)22-17-19(43-3)9-11-24(22)38-33-14-15-34-38/h4-5,7-12,14-15,17H,6,13,16H2,1-3H3,(H,35,42)/t31-/m0/s1. The highest BCUT2D eigenvalue weighted by Gasteiger charge is 2.47. The van der Waals surface area contributed by atoms with E-state index >= 15 is 0 Å². The minimum absolute atomic E-state index is 0.195. The van der Waals surface area contributed by atoms with Gasteiger partial charge < -0.3 is 15.0 Å². The van der Waals surface area contributed by atoms with Crippen LogP contribution in [0.4, 0.5) is 11.4 Å². The number of amides is 4. The third kappa shape index (κ3) is 4.52. The van der Waals surface area contributed by atoms with E-state index in [0.717, 1.165) is 4.90 Å². The lowest BCUT2D eigenvalue weighted by atomic mass is 9.96. The van der Waals surface area contributed by atoms with Gasteiger partial charge in [0, 0.05) is 11.6 Å². The topological polar surface area (TPSA) is 127 Å².